The summed E-state index contributed by atoms with van der Waals surface area (Å²) in [6.45, 7) is 11.3. The first-order chi connectivity index (χ1) is 5.84. The lowest BCUT2D eigenvalue weighted by Gasteiger charge is -2.30. The van der Waals surface area contributed by atoms with Gasteiger partial charge in [0.25, 0.3) is 0 Å². The molecule has 0 aromatic heterocycles. The molecule has 1 rings (SSSR count). The largest absolute Gasteiger partial charge is 0.339 e. The third-order valence-corrected chi connectivity index (χ3v) is 3.04. The lowest BCUT2D eigenvalue weighted by atomic mass is 9.94. The van der Waals surface area contributed by atoms with E-state index in [0.717, 1.165) is 13.0 Å². The van der Waals surface area contributed by atoms with Gasteiger partial charge in [0.1, 0.15) is 0 Å². The van der Waals surface area contributed by atoms with Crippen molar-refractivity contribution >= 4 is 5.91 Å². The van der Waals surface area contributed by atoms with Crippen LogP contribution in [0.5, 0.6) is 0 Å². The Morgan fingerprint density at radius 3 is 2.15 bits per heavy atom. The van der Waals surface area contributed by atoms with Crippen molar-refractivity contribution in [2.75, 3.05) is 6.54 Å². The highest BCUT2D eigenvalue weighted by atomic mass is 16.2. The molecule has 1 fully saturated rings. The first kappa shape index (κ1) is 10.6. The minimum Gasteiger partial charge on any atom is -0.339 e. The highest BCUT2D eigenvalue weighted by Crippen LogP contribution is 2.28. The van der Waals surface area contributed by atoms with Gasteiger partial charge in [0.15, 0.2) is 0 Å². The van der Waals surface area contributed by atoms with E-state index in [1.54, 1.807) is 0 Å². The standard InChI is InChI=1S/C11H21NO/c1-8-6-7-12(9(8)2)10(13)11(3,4)5/h8-9H,6-7H2,1-5H3/t8-,9+/m0/s1. The van der Waals surface area contributed by atoms with Gasteiger partial charge in [0.05, 0.1) is 0 Å². The Morgan fingerprint density at radius 2 is 1.85 bits per heavy atom. The van der Waals surface area contributed by atoms with Crippen LogP contribution >= 0.6 is 0 Å². The summed E-state index contributed by atoms with van der Waals surface area (Å²) in [5, 5.41) is 0. The second-order valence-electron chi connectivity index (χ2n) is 5.26. The SMILES string of the molecule is C[C@@H]1[C@@H](C)CCN1C(=O)C(C)(C)C. The fourth-order valence-electron chi connectivity index (χ4n) is 1.81. The molecule has 13 heavy (non-hydrogen) atoms. The Labute approximate surface area is 81.3 Å². The maximum Gasteiger partial charge on any atom is 0.228 e. The molecule has 0 radical (unpaired) electrons. The fraction of sp³-hybridized carbons (Fsp3) is 0.909. The van der Waals surface area contributed by atoms with E-state index >= 15 is 0 Å². The van der Waals surface area contributed by atoms with E-state index in [-0.39, 0.29) is 5.41 Å². The van der Waals surface area contributed by atoms with Crippen LogP contribution in [0.1, 0.15) is 41.0 Å². The monoisotopic (exact) mass is 183 g/mol. The number of carbonyl (C=O) groups excluding carboxylic acids is 1. The van der Waals surface area contributed by atoms with Crippen LogP contribution in [0.4, 0.5) is 0 Å². The number of hydrogen-bond acceptors (Lipinski definition) is 1. The minimum atomic E-state index is -0.224. The molecule has 2 atom stereocenters. The van der Waals surface area contributed by atoms with Crippen molar-refractivity contribution in [1.29, 1.82) is 0 Å². The summed E-state index contributed by atoms with van der Waals surface area (Å²) in [6.07, 6.45) is 1.16. The molecule has 0 spiro atoms. The molecule has 2 heteroatoms. The fourth-order valence-corrected chi connectivity index (χ4v) is 1.81. The lowest BCUT2D eigenvalue weighted by Crippen LogP contribution is -2.42. The Balaban J connectivity index is 2.69. The number of hydrogen-bond donors (Lipinski definition) is 0. The highest BCUT2D eigenvalue weighted by Gasteiger charge is 2.35. The van der Waals surface area contributed by atoms with E-state index in [2.05, 4.69) is 13.8 Å². The number of carbonyl (C=O) groups is 1. The predicted octanol–water partition coefficient (Wildman–Crippen LogP) is 2.29. The zero-order valence-electron chi connectivity index (χ0n) is 9.42. The van der Waals surface area contributed by atoms with Gasteiger partial charge in [-0.1, -0.05) is 27.7 Å². The smallest absolute Gasteiger partial charge is 0.228 e. The van der Waals surface area contributed by atoms with Gasteiger partial charge in [-0.15, -0.1) is 0 Å². The lowest BCUT2D eigenvalue weighted by molar-refractivity contribution is -0.140. The van der Waals surface area contributed by atoms with E-state index < -0.39 is 0 Å². The third kappa shape index (κ3) is 2.04. The molecule has 1 saturated heterocycles. The second-order valence-corrected chi connectivity index (χ2v) is 5.26. The highest BCUT2D eigenvalue weighted by molar-refractivity contribution is 5.82. The maximum atomic E-state index is 11.9. The molecule has 1 aliphatic heterocycles. The number of rotatable bonds is 0. The Kier molecular flexibility index (Phi) is 2.69. The van der Waals surface area contributed by atoms with Crippen LogP contribution in [0, 0.1) is 11.3 Å². The van der Waals surface area contributed by atoms with Crippen molar-refractivity contribution in [3.8, 4) is 0 Å². The number of likely N-dealkylation sites (tertiary alicyclic amines) is 1. The van der Waals surface area contributed by atoms with Gasteiger partial charge in [0, 0.05) is 18.0 Å². The van der Waals surface area contributed by atoms with Crippen LogP contribution in [0.2, 0.25) is 0 Å². The quantitative estimate of drug-likeness (QED) is 0.564. The maximum absolute atomic E-state index is 11.9. The molecular weight excluding hydrogens is 162 g/mol. The van der Waals surface area contributed by atoms with Crippen molar-refractivity contribution in [2.24, 2.45) is 11.3 Å². The molecule has 0 unspecified atom stereocenters. The third-order valence-electron chi connectivity index (χ3n) is 3.04. The normalized spacial score (nSPS) is 29.5. The summed E-state index contributed by atoms with van der Waals surface area (Å²) in [5.41, 5.74) is -0.224. The summed E-state index contributed by atoms with van der Waals surface area (Å²) in [4.78, 5) is 14.0. The van der Waals surface area contributed by atoms with Crippen molar-refractivity contribution in [3.63, 3.8) is 0 Å². The van der Waals surface area contributed by atoms with Crippen LogP contribution in [0.25, 0.3) is 0 Å². The molecular formula is C11H21NO. The van der Waals surface area contributed by atoms with Crippen molar-refractivity contribution in [3.05, 3.63) is 0 Å². The first-order valence-corrected chi connectivity index (χ1v) is 5.15. The summed E-state index contributed by atoms with van der Waals surface area (Å²) in [5.74, 6) is 0.954. The number of nitrogens with zero attached hydrogens (tertiary/aromatic N) is 1. The molecule has 0 N–H and O–H groups in total. The number of amides is 1. The van der Waals surface area contributed by atoms with Gasteiger partial charge in [0.2, 0.25) is 5.91 Å². The minimum absolute atomic E-state index is 0.224. The van der Waals surface area contributed by atoms with Crippen LogP contribution in [-0.4, -0.2) is 23.4 Å². The predicted molar refractivity (Wildman–Crippen MR) is 54.4 cm³/mol. The molecule has 1 amide bonds. The molecule has 0 aromatic carbocycles. The van der Waals surface area contributed by atoms with Crippen LogP contribution in [0.3, 0.4) is 0 Å². The molecule has 1 heterocycles. The summed E-state index contributed by atoms with van der Waals surface area (Å²) >= 11 is 0. The second kappa shape index (κ2) is 3.32. The van der Waals surface area contributed by atoms with Crippen LogP contribution in [0.15, 0.2) is 0 Å². The van der Waals surface area contributed by atoms with Gasteiger partial charge < -0.3 is 4.90 Å². The van der Waals surface area contributed by atoms with E-state index in [1.165, 1.54) is 0 Å². The van der Waals surface area contributed by atoms with E-state index in [1.807, 2.05) is 25.7 Å². The van der Waals surface area contributed by atoms with Crippen LogP contribution < -0.4 is 0 Å². The van der Waals surface area contributed by atoms with Crippen molar-refractivity contribution in [1.82, 2.24) is 4.90 Å². The van der Waals surface area contributed by atoms with Gasteiger partial charge in [-0.05, 0) is 19.3 Å². The molecule has 76 valence electrons. The van der Waals surface area contributed by atoms with E-state index in [4.69, 9.17) is 0 Å². The Bertz CT molecular complexity index is 205. The first-order valence-electron chi connectivity index (χ1n) is 5.15. The van der Waals surface area contributed by atoms with Gasteiger partial charge in [-0.3, -0.25) is 4.79 Å². The molecule has 2 nitrogen and oxygen atoms in total. The average Bonchev–Trinajstić information content (AvgIpc) is 2.30. The summed E-state index contributed by atoms with van der Waals surface area (Å²) in [6, 6.07) is 0.423. The van der Waals surface area contributed by atoms with Gasteiger partial charge in [-0.25, -0.2) is 0 Å². The summed E-state index contributed by atoms with van der Waals surface area (Å²) in [7, 11) is 0. The van der Waals surface area contributed by atoms with Crippen molar-refractivity contribution < 1.29 is 4.79 Å². The van der Waals surface area contributed by atoms with Crippen LogP contribution in [-0.2, 0) is 4.79 Å². The Morgan fingerprint density at radius 1 is 1.31 bits per heavy atom. The molecule has 1 aliphatic rings. The van der Waals surface area contributed by atoms with E-state index in [9.17, 15) is 4.79 Å². The zero-order chi connectivity index (χ0) is 10.2. The Hall–Kier alpha value is -0.530. The van der Waals surface area contributed by atoms with Gasteiger partial charge >= 0.3 is 0 Å². The van der Waals surface area contributed by atoms with E-state index in [0.29, 0.717) is 17.9 Å². The molecule has 0 aromatic rings. The van der Waals surface area contributed by atoms with Gasteiger partial charge in [-0.2, -0.15) is 0 Å². The van der Waals surface area contributed by atoms with Crippen molar-refractivity contribution in [2.45, 2.75) is 47.1 Å². The average molecular weight is 183 g/mol. The summed E-state index contributed by atoms with van der Waals surface area (Å²) < 4.78 is 0. The zero-order valence-corrected chi connectivity index (χ0v) is 9.42. The topological polar surface area (TPSA) is 20.3 Å². The molecule has 0 aliphatic carbocycles. The molecule has 0 saturated carbocycles. The molecule has 0 bridgehead atoms.